The molecule has 2 aromatic heterocycles. The zero-order chi connectivity index (χ0) is 9.26. The maximum Gasteiger partial charge on any atom is 0.307 e. The van der Waals surface area contributed by atoms with E-state index < -0.39 is 5.97 Å². The van der Waals surface area contributed by atoms with Crippen molar-refractivity contribution in [2.75, 3.05) is 0 Å². The second kappa shape index (κ2) is 2.85. The Kier molecular flexibility index (Phi) is 1.70. The summed E-state index contributed by atoms with van der Waals surface area (Å²) >= 11 is 0. The van der Waals surface area contributed by atoms with Crippen LogP contribution in [0.25, 0.3) is 11.0 Å². The van der Waals surface area contributed by atoms with E-state index in [-0.39, 0.29) is 6.42 Å². The Labute approximate surface area is 73.4 Å². The van der Waals surface area contributed by atoms with Gasteiger partial charge in [0.1, 0.15) is 12.0 Å². The fourth-order valence-electron chi connectivity index (χ4n) is 1.22. The molecule has 0 saturated carbocycles. The van der Waals surface area contributed by atoms with Crippen LogP contribution in [0.5, 0.6) is 0 Å². The first-order valence-electron chi connectivity index (χ1n) is 3.75. The predicted octanol–water partition coefficient (Wildman–Crippen LogP) is 0.585. The fraction of sp³-hybridized carbons (Fsp3) is 0.125. The third-order valence-corrected chi connectivity index (χ3v) is 1.78. The highest BCUT2D eigenvalue weighted by Crippen LogP contribution is 2.14. The quantitative estimate of drug-likeness (QED) is 0.703. The second-order valence-corrected chi connectivity index (χ2v) is 2.67. The van der Waals surface area contributed by atoms with Gasteiger partial charge in [-0.05, 0) is 5.56 Å². The van der Waals surface area contributed by atoms with Gasteiger partial charge in [0.2, 0.25) is 0 Å². The molecule has 0 spiro atoms. The van der Waals surface area contributed by atoms with Crippen LogP contribution in [0.1, 0.15) is 5.56 Å². The van der Waals surface area contributed by atoms with Crippen LogP contribution in [0.4, 0.5) is 0 Å². The Balaban J connectivity index is 2.51. The molecule has 0 radical (unpaired) electrons. The predicted molar refractivity (Wildman–Crippen MR) is 45.2 cm³/mol. The summed E-state index contributed by atoms with van der Waals surface area (Å²) in [5.41, 5.74) is 1.38. The van der Waals surface area contributed by atoms with E-state index in [0.717, 1.165) is 5.39 Å². The Morgan fingerprint density at radius 2 is 2.46 bits per heavy atom. The highest BCUT2D eigenvalue weighted by molar-refractivity contribution is 5.83. The normalized spacial score (nSPS) is 10.5. The molecule has 0 bridgehead atoms. The molecule has 13 heavy (non-hydrogen) atoms. The third-order valence-electron chi connectivity index (χ3n) is 1.78. The van der Waals surface area contributed by atoms with Crippen LogP contribution in [-0.4, -0.2) is 26.0 Å². The molecular weight excluding hydrogens is 170 g/mol. The van der Waals surface area contributed by atoms with Crippen LogP contribution in [0.3, 0.4) is 0 Å². The van der Waals surface area contributed by atoms with Crippen LogP contribution in [-0.2, 0) is 11.2 Å². The van der Waals surface area contributed by atoms with Gasteiger partial charge in [0.05, 0.1) is 6.42 Å². The molecule has 2 heterocycles. The summed E-state index contributed by atoms with van der Waals surface area (Å²) in [6.07, 6.45) is 4.67. The first-order valence-corrected chi connectivity index (χ1v) is 3.75. The van der Waals surface area contributed by atoms with Crippen LogP contribution < -0.4 is 0 Å². The zero-order valence-electron chi connectivity index (χ0n) is 6.69. The molecule has 2 N–H and O–H groups in total. The minimum atomic E-state index is -0.857. The fourth-order valence-corrected chi connectivity index (χ4v) is 1.22. The summed E-state index contributed by atoms with van der Waals surface area (Å²) in [5.74, 6) is -0.857. The van der Waals surface area contributed by atoms with Gasteiger partial charge in [-0.2, -0.15) is 0 Å². The minimum Gasteiger partial charge on any atom is -0.481 e. The summed E-state index contributed by atoms with van der Waals surface area (Å²) in [4.78, 5) is 21.1. The van der Waals surface area contributed by atoms with E-state index in [0.29, 0.717) is 11.2 Å². The maximum atomic E-state index is 10.5. The average molecular weight is 177 g/mol. The van der Waals surface area contributed by atoms with Crippen LogP contribution in [0.2, 0.25) is 0 Å². The molecule has 0 aliphatic carbocycles. The van der Waals surface area contributed by atoms with Gasteiger partial charge in [-0.15, -0.1) is 0 Å². The van der Waals surface area contributed by atoms with Crippen molar-refractivity contribution in [2.45, 2.75) is 6.42 Å². The van der Waals surface area contributed by atoms with Crippen molar-refractivity contribution in [3.63, 3.8) is 0 Å². The number of rotatable bonds is 2. The van der Waals surface area contributed by atoms with Crippen molar-refractivity contribution in [3.05, 3.63) is 24.3 Å². The number of hydrogen-bond acceptors (Lipinski definition) is 3. The minimum absolute atomic E-state index is 0.00657. The molecular formula is C8H7N3O2. The van der Waals surface area contributed by atoms with Crippen LogP contribution in [0.15, 0.2) is 18.7 Å². The Morgan fingerprint density at radius 1 is 1.62 bits per heavy atom. The van der Waals surface area contributed by atoms with E-state index in [9.17, 15) is 4.79 Å². The van der Waals surface area contributed by atoms with E-state index in [4.69, 9.17) is 5.11 Å². The smallest absolute Gasteiger partial charge is 0.307 e. The molecule has 0 aliphatic heterocycles. The molecule has 0 aromatic carbocycles. The van der Waals surface area contributed by atoms with E-state index >= 15 is 0 Å². The average Bonchev–Trinajstić information content (AvgIpc) is 2.48. The number of carbonyl (C=O) groups is 1. The lowest BCUT2D eigenvalue weighted by atomic mass is 10.2. The van der Waals surface area contributed by atoms with Gasteiger partial charge < -0.3 is 10.1 Å². The zero-order valence-corrected chi connectivity index (χ0v) is 6.69. The molecule has 2 rings (SSSR count). The number of aromatic nitrogens is 3. The first kappa shape index (κ1) is 7.72. The van der Waals surface area contributed by atoms with Crippen molar-refractivity contribution in [1.82, 2.24) is 15.0 Å². The second-order valence-electron chi connectivity index (χ2n) is 2.67. The maximum absolute atomic E-state index is 10.5. The van der Waals surface area contributed by atoms with Crippen LogP contribution >= 0.6 is 0 Å². The highest BCUT2D eigenvalue weighted by atomic mass is 16.4. The summed E-state index contributed by atoms with van der Waals surface area (Å²) < 4.78 is 0. The van der Waals surface area contributed by atoms with Crippen molar-refractivity contribution in [3.8, 4) is 0 Å². The van der Waals surface area contributed by atoms with Gasteiger partial charge in [-0.25, -0.2) is 9.97 Å². The number of aliphatic carboxylic acids is 1. The van der Waals surface area contributed by atoms with E-state index in [1.54, 1.807) is 12.4 Å². The van der Waals surface area contributed by atoms with E-state index in [1.165, 1.54) is 6.33 Å². The Bertz CT molecular complexity index is 449. The summed E-state index contributed by atoms with van der Waals surface area (Å²) in [7, 11) is 0. The molecule has 0 fully saturated rings. The molecule has 0 unspecified atom stereocenters. The molecule has 0 aliphatic rings. The topological polar surface area (TPSA) is 78.9 Å². The number of carboxylic acid groups (broad SMARTS) is 1. The van der Waals surface area contributed by atoms with E-state index in [1.807, 2.05) is 0 Å². The molecule has 5 nitrogen and oxygen atoms in total. The molecule has 66 valence electrons. The standard InChI is InChI=1S/C8H7N3O2/c12-7(13)1-5-2-10-8-6(5)3-9-4-11-8/h2-4H,1H2,(H,12,13)(H,9,10,11). The van der Waals surface area contributed by atoms with Crippen molar-refractivity contribution in [1.29, 1.82) is 0 Å². The van der Waals surface area contributed by atoms with Gasteiger partial charge >= 0.3 is 5.97 Å². The number of H-pyrrole nitrogens is 1. The number of hydrogen-bond donors (Lipinski definition) is 2. The first-order chi connectivity index (χ1) is 6.27. The molecule has 0 amide bonds. The van der Waals surface area contributed by atoms with Crippen molar-refractivity contribution in [2.24, 2.45) is 0 Å². The number of carboxylic acids is 1. The van der Waals surface area contributed by atoms with Gasteiger partial charge in [0, 0.05) is 17.8 Å². The third kappa shape index (κ3) is 1.35. The lowest BCUT2D eigenvalue weighted by molar-refractivity contribution is -0.136. The summed E-state index contributed by atoms with van der Waals surface area (Å²) in [6.45, 7) is 0. The van der Waals surface area contributed by atoms with Gasteiger partial charge in [-0.3, -0.25) is 4.79 Å². The Morgan fingerprint density at radius 3 is 3.23 bits per heavy atom. The molecule has 2 aromatic rings. The number of fused-ring (bicyclic) bond motifs is 1. The van der Waals surface area contributed by atoms with Crippen molar-refractivity contribution >= 4 is 17.0 Å². The lowest BCUT2D eigenvalue weighted by Gasteiger charge is -1.91. The monoisotopic (exact) mass is 177 g/mol. The summed E-state index contributed by atoms with van der Waals surface area (Å²) in [6, 6.07) is 0. The summed E-state index contributed by atoms with van der Waals surface area (Å²) in [5, 5.41) is 9.36. The number of nitrogens with zero attached hydrogens (tertiary/aromatic N) is 2. The van der Waals surface area contributed by atoms with Gasteiger partial charge in [0.25, 0.3) is 0 Å². The van der Waals surface area contributed by atoms with E-state index in [2.05, 4.69) is 15.0 Å². The Hall–Kier alpha value is -1.91. The SMILES string of the molecule is O=C(O)Cc1c[nH]c2ncncc12. The van der Waals surface area contributed by atoms with Crippen LogP contribution in [0, 0.1) is 0 Å². The lowest BCUT2D eigenvalue weighted by Crippen LogP contribution is -1.98. The number of aromatic amines is 1. The molecule has 5 heteroatoms. The van der Waals surface area contributed by atoms with Gasteiger partial charge in [-0.1, -0.05) is 0 Å². The molecule has 0 saturated heterocycles. The van der Waals surface area contributed by atoms with Crippen molar-refractivity contribution < 1.29 is 9.90 Å². The number of nitrogens with one attached hydrogen (secondary N) is 1. The highest BCUT2D eigenvalue weighted by Gasteiger charge is 2.07. The largest absolute Gasteiger partial charge is 0.481 e. The van der Waals surface area contributed by atoms with Gasteiger partial charge in [0.15, 0.2) is 0 Å². The molecule has 0 atom stereocenters.